The van der Waals surface area contributed by atoms with E-state index >= 15 is 0 Å². The first-order chi connectivity index (χ1) is 5.16. The fourth-order valence-electron chi connectivity index (χ4n) is 1.09. The first-order valence-corrected chi connectivity index (χ1v) is 4.55. The van der Waals surface area contributed by atoms with Gasteiger partial charge in [-0.2, -0.15) is 0 Å². The van der Waals surface area contributed by atoms with Gasteiger partial charge in [0, 0.05) is 5.92 Å². The zero-order valence-electron chi connectivity index (χ0n) is 6.58. The smallest absolute Gasteiger partial charge is 0.320 e. The van der Waals surface area contributed by atoms with Gasteiger partial charge in [-0.1, -0.05) is 28.9 Å². The molecule has 1 rings (SSSR count). The van der Waals surface area contributed by atoms with Gasteiger partial charge in [-0.15, -0.1) is 0 Å². The standard InChI is InChI=1S/C8H11BrO2/c1-3-4-6-5(2)7(9)8(10)11-6/h3-7H,1-2H3/b4-3+/t5-,6+,7+/m1/s1. The summed E-state index contributed by atoms with van der Waals surface area (Å²) in [6.07, 6.45) is 3.76. The summed E-state index contributed by atoms with van der Waals surface area (Å²) in [5, 5.41) is 0. The van der Waals surface area contributed by atoms with Gasteiger partial charge in [-0.25, -0.2) is 0 Å². The van der Waals surface area contributed by atoms with E-state index in [-0.39, 0.29) is 22.8 Å². The van der Waals surface area contributed by atoms with Gasteiger partial charge in [0.25, 0.3) is 0 Å². The molecule has 1 aliphatic heterocycles. The number of rotatable bonds is 1. The highest BCUT2D eigenvalue weighted by atomic mass is 79.9. The number of esters is 1. The second kappa shape index (κ2) is 3.39. The van der Waals surface area contributed by atoms with Gasteiger partial charge in [-0.3, -0.25) is 4.79 Å². The number of ether oxygens (including phenoxy) is 1. The fraction of sp³-hybridized carbons (Fsp3) is 0.625. The Labute approximate surface area is 74.7 Å². The Kier molecular flexibility index (Phi) is 2.71. The van der Waals surface area contributed by atoms with Crippen LogP contribution in [0.15, 0.2) is 12.2 Å². The molecular weight excluding hydrogens is 208 g/mol. The average molecular weight is 219 g/mol. The van der Waals surface area contributed by atoms with Crippen molar-refractivity contribution in [2.45, 2.75) is 24.8 Å². The van der Waals surface area contributed by atoms with E-state index in [0.717, 1.165) is 0 Å². The Bertz CT molecular complexity index is 189. The molecule has 0 unspecified atom stereocenters. The second-order valence-electron chi connectivity index (χ2n) is 2.69. The van der Waals surface area contributed by atoms with Crippen LogP contribution in [0.2, 0.25) is 0 Å². The molecule has 0 saturated carbocycles. The molecule has 1 aliphatic rings. The number of alkyl halides is 1. The van der Waals surface area contributed by atoms with Crippen molar-refractivity contribution in [1.29, 1.82) is 0 Å². The van der Waals surface area contributed by atoms with Crippen LogP contribution in [0.25, 0.3) is 0 Å². The summed E-state index contributed by atoms with van der Waals surface area (Å²) < 4.78 is 5.05. The molecule has 0 bridgehead atoms. The van der Waals surface area contributed by atoms with E-state index in [4.69, 9.17) is 4.74 Å². The van der Waals surface area contributed by atoms with Crippen molar-refractivity contribution in [3.8, 4) is 0 Å². The van der Waals surface area contributed by atoms with Crippen LogP contribution in [0.3, 0.4) is 0 Å². The molecule has 1 heterocycles. The highest BCUT2D eigenvalue weighted by Crippen LogP contribution is 2.28. The second-order valence-corrected chi connectivity index (χ2v) is 3.67. The van der Waals surface area contributed by atoms with Gasteiger partial charge in [0.2, 0.25) is 0 Å². The maximum Gasteiger partial charge on any atom is 0.320 e. The summed E-state index contributed by atoms with van der Waals surface area (Å²) in [6, 6.07) is 0. The zero-order valence-corrected chi connectivity index (χ0v) is 8.17. The minimum atomic E-state index is -0.152. The van der Waals surface area contributed by atoms with Gasteiger partial charge in [-0.05, 0) is 13.0 Å². The van der Waals surface area contributed by atoms with Crippen LogP contribution in [0.4, 0.5) is 0 Å². The first-order valence-electron chi connectivity index (χ1n) is 3.64. The quantitative estimate of drug-likeness (QED) is 0.382. The molecule has 0 radical (unpaired) electrons. The van der Waals surface area contributed by atoms with E-state index in [1.807, 2.05) is 26.0 Å². The molecule has 62 valence electrons. The van der Waals surface area contributed by atoms with Crippen LogP contribution < -0.4 is 0 Å². The highest BCUT2D eigenvalue weighted by Gasteiger charge is 2.38. The molecular formula is C8H11BrO2. The van der Waals surface area contributed by atoms with Crippen LogP contribution in [0, 0.1) is 5.92 Å². The summed E-state index contributed by atoms with van der Waals surface area (Å²) in [7, 11) is 0. The van der Waals surface area contributed by atoms with Gasteiger partial charge in [0.05, 0.1) is 0 Å². The van der Waals surface area contributed by atoms with Crippen molar-refractivity contribution in [3.63, 3.8) is 0 Å². The van der Waals surface area contributed by atoms with Crippen LogP contribution in [-0.4, -0.2) is 16.9 Å². The van der Waals surface area contributed by atoms with Crippen molar-refractivity contribution in [2.75, 3.05) is 0 Å². The number of cyclic esters (lactones) is 1. The molecule has 11 heavy (non-hydrogen) atoms. The third-order valence-corrected chi connectivity index (χ3v) is 3.05. The molecule has 0 aromatic carbocycles. The monoisotopic (exact) mass is 218 g/mol. The number of allylic oxidation sites excluding steroid dienone is 1. The summed E-state index contributed by atoms with van der Waals surface area (Å²) in [4.78, 5) is 10.8. The summed E-state index contributed by atoms with van der Waals surface area (Å²) in [5.74, 6) is 0.0827. The lowest BCUT2D eigenvalue weighted by molar-refractivity contribution is -0.139. The predicted octanol–water partition coefficient (Wildman–Crippen LogP) is 1.89. The Morgan fingerprint density at radius 2 is 2.27 bits per heavy atom. The fourth-order valence-corrected chi connectivity index (χ4v) is 1.50. The molecule has 3 heteroatoms. The number of carbonyl (C=O) groups excluding carboxylic acids is 1. The molecule has 1 saturated heterocycles. The van der Waals surface area contributed by atoms with E-state index in [0.29, 0.717) is 0 Å². The first kappa shape index (κ1) is 8.78. The van der Waals surface area contributed by atoms with Gasteiger partial charge in [0.1, 0.15) is 10.9 Å². The molecule has 1 fully saturated rings. The molecule has 0 aliphatic carbocycles. The van der Waals surface area contributed by atoms with E-state index < -0.39 is 0 Å². The minimum absolute atomic E-state index is 0.0446. The lowest BCUT2D eigenvalue weighted by Gasteiger charge is -2.07. The van der Waals surface area contributed by atoms with Crippen LogP contribution in [0.1, 0.15) is 13.8 Å². The lowest BCUT2D eigenvalue weighted by atomic mass is 10.0. The molecule has 3 atom stereocenters. The summed E-state index contributed by atoms with van der Waals surface area (Å²) >= 11 is 3.27. The summed E-state index contributed by atoms with van der Waals surface area (Å²) in [6.45, 7) is 3.91. The zero-order chi connectivity index (χ0) is 8.43. The third kappa shape index (κ3) is 1.64. The van der Waals surface area contributed by atoms with E-state index in [1.165, 1.54) is 0 Å². The normalized spacial score (nSPS) is 38.1. The SMILES string of the molecule is C/C=C/[C@@H]1OC(=O)[C@@H](Br)[C@@H]1C. The largest absolute Gasteiger partial charge is 0.457 e. The molecule has 2 nitrogen and oxygen atoms in total. The molecule has 0 spiro atoms. The molecule has 0 aromatic rings. The Hall–Kier alpha value is -0.310. The van der Waals surface area contributed by atoms with E-state index in [2.05, 4.69) is 15.9 Å². The van der Waals surface area contributed by atoms with Gasteiger partial charge in [0.15, 0.2) is 0 Å². The minimum Gasteiger partial charge on any atom is -0.457 e. The number of carbonyl (C=O) groups is 1. The maximum absolute atomic E-state index is 11.0. The van der Waals surface area contributed by atoms with Gasteiger partial charge < -0.3 is 4.74 Å². The van der Waals surface area contributed by atoms with Crippen LogP contribution >= 0.6 is 15.9 Å². The van der Waals surface area contributed by atoms with E-state index in [1.54, 1.807) is 0 Å². The number of hydrogen-bond acceptors (Lipinski definition) is 2. The molecule has 0 aromatic heterocycles. The average Bonchev–Trinajstić information content (AvgIpc) is 2.19. The summed E-state index contributed by atoms with van der Waals surface area (Å²) in [5.41, 5.74) is 0. The van der Waals surface area contributed by atoms with Crippen molar-refractivity contribution in [1.82, 2.24) is 0 Å². The van der Waals surface area contributed by atoms with Crippen LogP contribution in [-0.2, 0) is 9.53 Å². The molecule has 0 N–H and O–H groups in total. The lowest BCUT2D eigenvalue weighted by Crippen LogP contribution is -2.15. The van der Waals surface area contributed by atoms with Crippen molar-refractivity contribution >= 4 is 21.9 Å². The van der Waals surface area contributed by atoms with Crippen molar-refractivity contribution < 1.29 is 9.53 Å². The molecule has 0 amide bonds. The topological polar surface area (TPSA) is 26.3 Å². The number of halogens is 1. The van der Waals surface area contributed by atoms with E-state index in [9.17, 15) is 4.79 Å². The predicted molar refractivity (Wildman–Crippen MR) is 46.6 cm³/mol. The Morgan fingerprint density at radius 1 is 1.64 bits per heavy atom. The Balaban J connectivity index is 2.66. The third-order valence-electron chi connectivity index (χ3n) is 1.84. The maximum atomic E-state index is 11.0. The Morgan fingerprint density at radius 3 is 2.64 bits per heavy atom. The van der Waals surface area contributed by atoms with Crippen molar-refractivity contribution in [2.24, 2.45) is 5.92 Å². The van der Waals surface area contributed by atoms with Crippen LogP contribution in [0.5, 0.6) is 0 Å². The highest BCUT2D eigenvalue weighted by molar-refractivity contribution is 9.10. The van der Waals surface area contributed by atoms with Crippen molar-refractivity contribution in [3.05, 3.63) is 12.2 Å². The number of hydrogen-bond donors (Lipinski definition) is 0. The van der Waals surface area contributed by atoms with Gasteiger partial charge >= 0.3 is 5.97 Å².